The van der Waals surface area contributed by atoms with Crippen molar-refractivity contribution in [2.24, 2.45) is 11.1 Å². The first-order valence-electron chi connectivity index (χ1n) is 4.75. The SMILES string of the molecule is CC(CN)(CO)Cc1ccc(Cl)c(Cl)c1. The molecule has 0 amide bonds. The molecular formula is C11H15Cl2NO. The van der Waals surface area contributed by atoms with Gasteiger partial charge in [0.25, 0.3) is 0 Å². The van der Waals surface area contributed by atoms with Crippen LogP contribution in [0.3, 0.4) is 0 Å². The van der Waals surface area contributed by atoms with Gasteiger partial charge in [-0.25, -0.2) is 0 Å². The molecule has 0 radical (unpaired) electrons. The molecule has 0 aliphatic heterocycles. The lowest BCUT2D eigenvalue weighted by atomic mass is 9.84. The minimum atomic E-state index is -0.294. The zero-order valence-electron chi connectivity index (χ0n) is 8.63. The van der Waals surface area contributed by atoms with Crippen LogP contribution >= 0.6 is 23.2 Å². The average molecular weight is 248 g/mol. The second-order valence-corrected chi connectivity index (χ2v) is 4.91. The molecule has 0 bridgehead atoms. The molecule has 0 aromatic heterocycles. The van der Waals surface area contributed by atoms with Crippen molar-refractivity contribution in [2.45, 2.75) is 13.3 Å². The van der Waals surface area contributed by atoms with Crippen molar-refractivity contribution in [3.05, 3.63) is 33.8 Å². The van der Waals surface area contributed by atoms with E-state index < -0.39 is 0 Å². The zero-order valence-corrected chi connectivity index (χ0v) is 10.1. The molecule has 15 heavy (non-hydrogen) atoms. The van der Waals surface area contributed by atoms with Crippen molar-refractivity contribution < 1.29 is 5.11 Å². The lowest BCUT2D eigenvalue weighted by Crippen LogP contribution is -2.33. The third-order valence-electron chi connectivity index (χ3n) is 2.49. The Labute approximate surface area is 100.0 Å². The summed E-state index contributed by atoms with van der Waals surface area (Å²) in [4.78, 5) is 0. The predicted octanol–water partition coefficient (Wildman–Crippen LogP) is 2.49. The predicted molar refractivity (Wildman–Crippen MR) is 64.4 cm³/mol. The Hall–Kier alpha value is -0.280. The Morgan fingerprint density at radius 3 is 2.47 bits per heavy atom. The molecule has 0 spiro atoms. The Bertz CT molecular complexity index is 337. The highest BCUT2D eigenvalue weighted by atomic mass is 35.5. The number of rotatable bonds is 4. The van der Waals surface area contributed by atoms with Gasteiger partial charge >= 0.3 is 0 Å². The molecule has 1 rings (SSSR count). The topological polar surface area (TPSA) is 46.2 Å². The van der Waals surface area contributed by atoms with Gasteiger partial charge in [-0.15, -0.1) is 0 Å². The Morgan fingerprint density at radius 1 is 1.33 bits per heavy atom. The van der Waals surface area contributed by atoms with Gasteiger partial charge in [0, 0.05) is 18.6 Å². The van der Waals surface area contributed by atoms with Crippen LogP contribution in [0.1, 0.15) is 12.5 Å². The van der Waals surface area contributed by atoms with Gasteiger partial charge in [0.2, 0.25) is 0 Å². The number of aliphatic hydroxyl groups excluding tert-OH is 1. The number of hydrogen-bond donors (Lipinski definition) is 2. The number of nitrogens with two attached hydrogens (primary N) is 1. The van der Waals surface area contributed by atoms with Gasteiger partial charge in [0.15, 0.2) is 0 Å². The summed E-state index contributed by atoms with van der Waals surface area (Å²) in [5.74, 6) is 0. The van der Waals surface area contributed by atoms with Gasteiger partial charge in [-0.3, -0.25) is 0 Å². The van der Waals surface area contributed by atoms with Gasteiger partial charge in [-0.1, -0.05) is 36.2 Å². The van der Waals surface area contributed by atoms with Gasteiger partial charge in [0.1, 0.15) is 0 Å². The van der Waals surface area contributed by atoms with E-state index in [-0.39, 0.29) is 12.0 Å². The third-order valence-corrected chi connectivity index (χ3v) is 3.23. The van der Waals surface area contributed by atoms with Crippen molar-refractivity contribution in [2.75, 3.05) is 13.2 Å². The number of hydrogen-bond acceptors (Lipinski definition) is 2. The maximum atomic E-state index is 9.23. The number of halogens is 2. The minimum absolute atomic E-state index is 0.0593. The maximum Gasteiger partial charge on any atom is 0.0595 e. The average Bonchev–Trinajstić information content (AvgIpc) is 2.23. The first-order chi connectivity index (χ1) is 7.00. The first kappa shape index (κ1) is 12.8. The molecular weight excluding hydrogens is 233 g/mol. The van der Waals surface area contributed by atoms with E-state index in [0.717, 1.165) is 5.56 Å². The van der Waals surface area contributed by atoms with Crippen molar-refractivity contribution in [3.8, 4) is 0 Å². The maximum absolute atomic E-state index is 9.23. The van der Waals surface area contributed by atoms with Crippen LogP contribution < -0.4 is 5.73 Å². The Morgan fingerprint density at radius 2 is 2.00 bits per heavy atom. The molecule has 1 aromatic rings. The molecule has 0 saturated carbocycles. The van der Waals surface area contributed by atoms with Crippen molar-refractivity contribution in [1.82, 2.24) is 0 Å². The summed E-state index contributed by atoms with van der Waals surface area (Å²) in [5.41, 5.74) is 6.35. The van der Waals surface area contributed by atoms with Crippen LogP contribution in [0.25, 0.3) is 0 Å². The molecule has 1 unspecified atom stereocenters. The van der Waals surface area contributed by atoms with Crippen LogP contribution in [0.15, 0.2) is 18.2 Å². The van der Waals surface area contributed by atoms with E-state index in [1.807, 2.05) is 19.1 Å². The van der Waals surface area contributed by atoms with Crippen molar-refractivity contribution >= 4 is 23.2 Å². The highest BCUT2D eigenvalue weighted by molar-refractivity contribution is 6.42. The molecule has 0 aliphatic rings. The molecule has 1 atom stereocenters. The molecule has 0 aliphatic carbocycles. The van der Waals surface area contributed by atoms with Gasteiger partial charge in [0.05, 0.1) is 10.0 Å². The monoisotopic (exact) mass is 247 g/mol. The molecule has 84 valence electrons. The summed E-state index contributed by atoms with van der Waals surface area (Å²) in [6.45, 7) is 2.43. The Balaban J connectivity index is 2.85. The van der Waals surface area contributed by atoms with Crippen LogP contribution in [-0.4, -0.2) is 18.3 Å². The summed E-state index contributed by atoms with van der Waals surface area (Å²) in [5, 5.41) is 10.3. The van der Waals surface area contributed by atoms with Gasteiger partial charge in [-0.2, -0.15) is 0 Å². The normalized spacial score (nSPS) is 15.0. The van der Waals surface area contributed by atoms with E-state index in [9.17, 15) is 5.11 Å². The molecule has 0 heterocycles. The van der Waals surface area contributed by atoms with Crippen molar-refractivity contribution in [1.29, 1.82) is 0 Å². The fraction of sp³-hybridized carbons (Fsp3) is 0.455. The first-order valence-corrected chi connectivity index (χ1v) is 5.51. The highest BCUT2D eigenvalue weighted by Crippen LogP contribution is 2.26. The highest BCUT2D eigenvalue weighted by Gasteiger charge is 2.22. The molecule has 0 saturated heterocycles. The lowest BCUT2D eigenvalue weighted by molar-refractivity contribution is 0.149. The van der Waals surface area contributed by atoms with Crippen LogP contribution in [0.2, 0.25) is 10.0 Å². The third kappa shape index (κ3) is 3.35. The minimum Gasteiger partial charge on any atom is -0.396 e. The number of aliphatic hydroxyl groups is 1. The van der Waals surface area contributed by atoms with Crippen molar-refractivity contribution in [3.63, 3.8) is 0 Å². The molecule has 1 aromatic carbocycles. The molecule has 2 nitrogen and oxygen atoms in total. The van der Waals surface area contributed by atoms with Gasteiger partial charge in [-0.05, 0) is 24.1 Å². The fourth-order valence-corrected chi connectivity index (χ4v) is 1.66. The summed E-state index contributed by atoms with van der Waals surface area (Å²) >= 11 is 11.7. The number of benzene rings is 1. The van der Waals surface area contributed by atoms with Crippen LogP contribution in [-0.2, 0) is 6.42 Å². The van der Waals surface area contributed by atoms with Gasteiger partial charge < -0.3 is 10.8 Å². The van der Waals surface area contributed by atoms with E-state index in [4.69, 9.17) is 28.9 Å². The van der Waals surface area contributed by atoms with E-state index in [0.29, 0.717) is 23.0 Å². The molecule has 3 N–H and O–H groups in total. The summed E-state index contributed by atoms with van der Waals surface area (Å²) in [6, 6.07) is 5.47. The second-order valence-electron chi connectivity index (χ2n) is 4.10. The van der Waals surface area contributed by atoms with Crippen LogP contribution in [0.4, 0.5) is 0 Å². The van der Waals surface area contributed by atoms with Crippen LogP contribution in [0, 0.1) is 5.41 Å². The van der Waals surface area contributed by atoms with Crippen LogP contribution in [0.5, 0.6) is 0 Å². The van der Waals surface area contributed by atoms with E-state index in [1.165, 1.54) is 0 Å². The summed E-state index contributed by atoms with van der Waals surface area (Å²) in [7, 11) is 0. The second kappa shape index (κ2) is 5.17. The smallest absolute Gasteiger partial charge is 0.0595 e. The largest absolute Gasteiger partial charge is 0.396 e. The molecule has 4 heteroatoms. The quantitative estimate of drug-likeness (QED) is 0.859. The Kier molecular flexibility index (Phi) is 4.41. The van der Waals surface area contributed by atoms with E-state index >= 15 is 0 Å². The lowest BCUT2D eigenvalue weighted by Gasteiger charge is -2.25. The van der Waals surface area contributed by atoms with E-state index in [2.05, 4.69) is 0 Å². The fourth-order valence-electron chi connectivity index (χ4n) is 1.34. The standard InChI is InChI=1S/C11H15Cl2NO/c1-11(6-14,7-15)5-8-2-3-9(12)10(13)4-8/h2-4,15H,5-7,14H2,1H3. The summed E-state index contributed by atoms with van der Waals surface area (Å²) < 4.78 is 0. The summed E-state index contributed by atoms with van der Waals surface area (Å²) in [6.07, 6.45) is 0.691. The zero-order chi connectivity index (χ0) is 11.5. The molecule has 0 fully saturated rings. The van der Waals surface area contributed by atoms with E-state index in [1.54, 1.807) is 6.07 Å².